The lowest BCUT2D eigenvalue weighted by atomic mass is 10.0. The molecule has 2 aromatic rings. The van der Waals surface area contributed by atoms with Crippen molar-refractivity contribution in [2.24, 2.45) is 7.05 Å². The predicted octanol–water partition coefficient (Wildman–Crippen LogP) is 1.37. The van der Waals surface area contributed by atoms with Crippen LogP contribution in [0.4, 0.5) is 5.95 Å². The molecule has 4 rings (SSSR count). The van der Waals surface area contributed by atoms with Crippen molar-refractivity contribution in [1.82, 2.24) is 29.4 Å². The second-order valence-corrected chi connectivity index (χ2v) is 7.94. The molecule has 0 unspecified atom stereocenters. The molecule has 2 aromatic heterocycles. The molecule has 0 N–H and O–H groups in total. The Hall–Kier alpha value is -1.93. The van der Waals surface area contributed by atoms with E-state index in [2.05, 4.69) is 56.6 Å². The number of rotatable bonds is 4. The topological polar surface area (TPSA) is 64.2 Å². The van der Waals surface area contributed by atoms with E-state index in [1.54, 1.807) is 0 Å². The Morgan fingerprint density at radius 1 is 1.15 bits per heavy atom. The van der Waals surface area contributed by atoms with Crippen LogP contribution in [0.15, 0.2) is 6.07 Å². The van der Waals surface area contributed by atoms with Crippen LogP contribution in [-0.4, -0.2) is 74.4 Å². The van der Waals surface area contributed by atoms with Gasteiger partial charge in [-0.1, -0.05) is 0 Å². The van der Waals surface area contributed by atoms with Crippen LogP contribution in [0.2, 0.25) is 0 Å². The molecule has 2 saturated heterocycles. The van der Waals surface area contributed by atoms with Gasteiger partial charge in [-0.05, 0) is 39.7 Å². The Labute approximate surface area is 161 Å². The zero-order valence-electron chi connectivity index (χ0n) is 16.9. The van der Waals surface area contributed by atoms with Crippen LogP contribution in [0, 0.1) is 13.8 Å². The molecular weight excluding hydrogens is 342 g/mol. The molecule has 0 saturated carbocycles. The Bertz CT molecular complexity index is 777. The van der Waals surface area contributed by atoms with E-state index in [4.69, 9.17) is 4.74 Å². The fraction of sp³-hybridized carbons (Fsp3) is 0.737. The van der Waals surface area contributed by atoms with Gasteiger partial charge in [0, 0.05) is 57.7 Å². The van der Waals surface area contributed by atoms with E-state index < -0.39 is 0 Å². The Morgan fingerprint density at radius 2 is 1.93 bits per heavy atom. The Kier molecular flexibility index (Phi) is 5.19. The molecule has 2 aliphatic rings. The molecule has 27 heavy (non-hydrogen) atoms. The fourth-order valence-electron chi connectivity index (χ4n) is 4.37. The molecule has 0 amide bonds. The van der Waals surface area contributed by atoms with Gasteiger partial charge in [0.25, 0.3) is 0 Å². The number of anilines is 1. The summed E-state index contributed by atoms with van der Waals surface area (Å²) >= 11 is 0. The Balaban J connectivity index is 1.44. The molecule has 148 valence electrons. The number of hydrogen-bond donors (Lipinski definition) is 0. The van der Waals surface area contributed by atoms with Gasteiger partial charge in [-0.3, -0.25) is 14.1 Å². The summed E-state index contributed by atoms with van der Waals surface area (Å²) in [6.45, 7) is 12.0. The van der Waals surface area contributed by atoms with Gasteiger partial charge in [-0.25, -0.2) is 0 Å². The van der Waals surface area contributed by atoms with Gasteiger partial charge in [-0.15, -0.1) is 10.2 Å². The van der Waals surface area contributed by atoms with Crippen LogP contribution in [-0.2, 0) is 18.3 Å². The maximum atomic E-state index is 5.52. The summed E-state index contributed by atoms with van der Waals surface area (Å²) in [5.41, 5.74) is 2.18. The van der Waals surface area contributed by atoms with Gasteiger partial charge in [0.2, 0.25) is 5.95 Å². The standard InChI is InChI=1S/C19H31N7O/c1-14-11-15(2)26(22-14)13-18-20-21-19(23(18)4)25-8-7-24(12-16(25)3)17-5-9-27-10-6-17/h11,16-17H,5-10,12-13H2,1-4H3/t16-/m1/s1. The van der Waals surface area contributed by atoms with E-state index >= 15 is 0 Å². The molecule has 1 atom stereocenters. The van der Waals surface area contributed by atoms with Crippen molar-refractivity contribution in [3.8, 4) is 0 Å². The van der Waals surface area contributed by atoms with E-state index in [9.17, 15) is 0 Å². The maximum absolute atomic E-state index is 5.52. The molecule has 4 heterocycles. The van der Waals surface area contributed by atoms with Gasteiger partial charge in [-0.2, -0.15) is 5.10 Å². The lowest BCUT2D eigenvalue weighted by molar-refractivity contribution is 0.0278. The summed E-state index contributed by atoms with van der Waals surface area (Å²) in [5.74, 6) is 1.90. The summed E-state index contributed by atoms with van der Waals surface area (Å²) in [5, 5.41) is 13.5. The first-order valence-electron chi connectivity index (χ1n) is 10.0. The maximum Gasteiger partial charge on any atom is 0.227 e. The third-order valence-corrected chi connectivity index (χ3v) is 5.96. The van der Waals surface area contributed by atoms with Crippen LogP contribution in [0.5, 0.6) is 0 Å². The van der Waals surface area contributed by atoms with Gasteiger partial charge >= 0.3 is 0 Å². The molecule has 0 radical (unpaired) electrons. The SMILES string of the molecule is Cc1cc(C)n(Cc2nnc(N3CCN(C4CCOCC4)C[C@H]3C)n2C)n1. The first kappa shape index (κ1) is 18.4. The molecule has 0 bridgehead atoms. The molecule has 2 fully saturated rings. The number of ether oxygens (including phenoxy) is 1. The normalized spacial score (nSPS) is 22.5. The number of piperazine rings is 1. The highest BCUT2D eigenvalue weighted by Gasteiger charge is 2.31. The van der Waals surface area contributed by atoms with Crippen molar-refractivity contribution in [1.29, 1.82) is 0 Å². The number of hydrogen-bond acceptors (Lipinski definition) is 6. The monoisotopic (exact) mass is 373 g/mol. The first-order valence-corrected chi connectivity index (χ1v) is 10.0. The molecule has 2 aliphatic heterocycles. The molecule has 8 nitrogen and oxygen atoms in total. The van der Waals surface area contributed by atoms with Crippen molar-refractivity contribution < 1.29 is 4.74 Å². The average molecular weight is 374 g/mol. The van der Waals surface area contributed by atoms with Gasteiger partial charge in [0.15, 0.2) is 5.82 Å². The molecule has 8 heteroatoms. The highest BCUT2D eigenvalue weighted by atomic mass is 16.5. The summed E-state index contributed by atoms with van der Waals surface area (Å²) in [6, 6.07) is 3.19. The first-order chi connectivity index (χ1) is 13.0. The van der Waals surface area contributed by atoms with E-state index in [0.29, 0.717) is 18.6 Å². The zero-order valence-corrected chi connectivity index (χ0v) is 16.9. The van der Waals surface area contributed by atoms with Crippen molar-refractivity contribution in [3.63, 3.8) is 0 Å². The second-order valence-electron chi connectivity index (χ2n) is 7.94. The van der Waals surface area contributed by atoms with Crippen molar-refractivity contribution in [2.75, 3.05) is 37.7 Å². The van der Waals surface area contributed by atoms with E-state index in [-0.39, 0.29) is 0 Å². The van der Waals surface area contributed by atoms with Gasteiger partial charge in [0.1, 0.15) is 6.54 Å². The number of aromatic nitrogens is 5. The summed E-state index contributed by atoms with van der Waals surface area (Å²) < 4.78 is 9.64. The average Bonchev–Trinajstić information content (AvgIpc) is 3.18. The molecule has 0 aromatic carbocycles. The Morgan fingerprint density at radius 3 is 2.59 bits per heavy atom. The summed E-state index contributed by atoms with van der Waals surface area (Å²) in [6.07, 6.45) is 2.31. The highest BCUT2D eigenvalue weighted by molar-refractivity contribution is 5.34. The van der Waals surface area contributed by atoms with Crippen LogP contribution >= 0.6 is 0 Å². The second kappa shape index (κ2) is 7.59. The number of nitrogens with zero attached hydrogens (tertiary/aromatic N) is 7. The quantitative estimate of drug-likeness (QED) is 0.807. The van der Waals surface area contributed by atoms with Crippen molar-refractivity contribution in [3.05, 3.63) is 23.3 Å². The third-order valence-electron chi connectivity index (χ3n) is 5.96. The minimum Gasteiger partial charge on any atom is -0.381 e. The zero-order chi connectivity index (χ0) is 19.0. The number of aryl methyl sites for hydroxylation is 2. The third kappa shape index (κ3) is 3.73. The lowest BCUT2D eigenvalue weighted by Crippen LogP contribution is -2.56. The smallest absolute Gasteiger partial charge is 0.227 e. The lowest BCUT2D eigenvalue weighted by Gasteiger charge is -2.44. The molecule has 0 aliphatic carbocycles. The molecular formula is C19H31N7O. The van der Waals surface area contributed by atoms with Gasteiger partial charge in [0.05, 0.1) is 5.69 Å². The van der Waals surface area contributed by atoms with Crippen LogP contribution in [0.1, 0.15) is 37.0 Å². The minimum atomic E-state index is 0.422. The highest BCUT2D eigenvalue weighted by Crippen LogP contribution is 2.23. The van der Waals surface area contributed by atoms with Crippen molar-refractivity contribution >= 4 is 5.95 Å². The largest absolute Gasteiger partial charge is 0.381 e. The molecule has 0 spiro atoms. The summed E-state index contributed by atoms with van der Waals surface area (Å²) in [4.78, 5) is 5.03. The van der Waals surface area contributed by atoms with Crippen molar-refractivity contribution in [2.45, 2.75) is 52.2 Å². The van der Waals surface area contributed by atoms with Gasteiger partial charge < -0.3 is 9.64 Å². The van der Waals surface area contributed by atoms with Crippen LogP contribution < -0.4 is 4.90 Å². The summed E-state index contributed by atoms with van der Waals surface area (Å²) in [7, 11) is 2.06. The van der Waals surface area contributed by atoms with E-state index in [1.807, 2.05) is 11.6 Å². The van der Waals surface area contributed by atoms with Crippen LogP contribution in [0.25, 0.3) is 0 Å². The predicted molar refractivity (Wildman–Crippen MR) is 104 cm³/mol. The van der Waals surface area contributed by atoms with E-state index in [0.717, 1.165) is 68.9 Å². The minimum absolute atomic E-state index is 0.422. The van der Waals surface area contributed by atoms with Crippen LogP contribution in [0.3, 0.4) is 0 Å². The fourth-order valence-corrected chi connectivity index (χ4v) is 4.37. The van der Waals surface area contributed by atoms with E-state index in [1.165, 1.54) is 0 Å².